The molecule has 3 nitrogen and oxygen atoms in total. The SMILES string of the molecule is CC1CCC(c2ccc(-c3ccc(-c4cc(F)c(C(F)(F)Oc5ccc(OCF)c(F)c5)c(F)c4)c(F)c3)nc2)CC1. The van der Waals surface area contributed by atoms with Crippen molar-refractivity contribution < 1.29 is 40.2 Å². The first kappa shape index (κ1) is 29.4. The highest BCUT2D eigenvalue weighted by molar-refractivity contribution is 5.70. The lowest BCUT2D eigenvalue weighted by Crippen LogP contribution is -2.25. The van der Waals surface area contributed by atoms with E-state index < -0.39 is 53.3 Å². The summed E-state index contributed by atoms with van der Waals surface area (Å²) >= 11 is 0. The summed E-state index contributed by atoms with van der Waals surface area (Å²) in [5, 5.41) is 0. The van der Waals surface area contributed by atoms with Crippen LogP contribution in [0.3, 0.4) is 0 Å². The van der Waals surface area contributed by atoms with Crippen LogP contribution in [0.1, 0.15) is 49.7 Å². The molecule has 1 aliphatic carbocycles. The van der Waals surface area contributed by atoms with E-state index in [4.69, 9.17) is 0 Å². The summed E-state index contributed by atoms with van der Waals surface area (Å²) in [6.07, 6.45) is 1.73. The van der Waals surface area contributed by atoms with E-state index in [2.05, 4.69) is 21.4 Å². The van der Waals surface area contributed by atoms with Gasteiger partial charge in [-0.2, -0.15) is 8.78 Å². The fraction of sp³-hybridized carbons (Fsp3) is 0.281. The molecule has 220 valence electrons. The molecular weight excluding hydrogens is 563 g/mol. The van der Waals surface area contributed by atoms with Crippen molar-refractivity contribution in [1.82, 2.24) is 4.98 Å². The molecule has 1 aliphatic rings. The van der Waals surface area contributed by atoms with Gasteiger partial charge in [0.05, 0.1) is 5.69 Å². The van der Waals surface area contributed by atoms with Gasteiger partial charge in [-0.05, 0) is 72.2 Å². The molecule has 0 bridgehead atoms. The fourth-order valence-electron chi connectivity index (χ4n) is 5.25. The average Bonchev–Trinajstić information content (AvgIpc) is 2.94. The maximum atomic E-state index is 15.1. The zero-order valence-corrected chi connectivity index (χ0v) is 22.5. The van der Waals surface area contributed by atoms with E-state index in [0.717, 1.165) is 55.4 Å². The number of benzene rings is 3. The molecule has 1 fully saturated rings. The Balaban J connectivity index is 1.35. The third-order valence-electron chi connectivity index (χ3n) is 7.54. The molecule has 0 spiro atoms. The van der Waals surface area contributed by atoms with Crippen LogP contribution in [0.25, 0.3) is 22.4 Å². The fourth-order valence-corrected chi connectivity index (χ4v) is 5.25. The highest BCUT2D eigenvalue weighted by Gasteiger charge is 2.41. The van der Waals surface area contributed by atoms with Gasteiger partial charge in [0.25, 0.3) is 0 Å². The summed E-state index contributed by atoms with van der Waals surface area (Å²) < 4.78 is 109. The smallest absolute Gasteiger partial charge is 0.432 e. The van der Waals surface area contributed by atoms with Crippen LogP contribution in [0.15, 0.2) is 66.9 Å². The number of aromatic nitrogens is 1. The Morgan fingerprint density at radius 2 is 1.48 bits per heavy atom. The molecule has 0 aliphatic heterocycles. The molecular formula is C32H26F7NO2. The molecule has 0 amide bonds. The van der Waals surface area contributed by atoms with Crippen LogP contribution in [0.2, 0.25) is 0 Å². The third-order valence-corrected chi connectivity index (χ3v) is 7.54. The summed E-state index contributed by atoms with van der Waals surface area (Å²) in [7, 11) is 0. The van der Waals surface area contributed by atoms with E-state index in [9.17, 15) is 26.3 Å². The van der Waals surface area contributed by atoms with Crippen LogP contribution in [-0.4, -0.2) is 11.8 Å². The van der Waals surface area contributed by atoms with Crippen molar-refractivity contribution >= 4 is 0 Å². The lowest BCUT2D eigenvalue weighted by Gasteiger charge is -2.26. The minimum Gasteiger partial charge on any atom is -0.460 e. The second kappa shape index (κ2) is 12.0. The van der Waals surface area contributed by atoms with Crippen LogP contribution in [0, 0.1) is 29.2 Å². The molecule has 5 rings (SSSR count). The van der Waals surface area contributed by atoms with Crippen molar-refractivity contribution in [3.8, 4) is 33.9 Å². The number of ether oxygens (including phenoxy) is 2. The Bertz CT molecular complexity index is 1550. The van der Waals surface area contributed by atoms with Gasteiger partial charge < -0.3 is 9.47 Å². The van der Waals surface area contributed by atoms with Gasteiger partial charge in [-0.25, -0.2) is 22.0 Å². The van der Waals surface area contributed by atoms with Gasteiger partial charge in [-0.15, -0.1) is 0 Å². The summed E-state index contributed by atoms with van der Waals surface area (Å²) in [6, 6.07) is 11.0. The minimum atomic E-state index is -4.57. The van der Waals surface area contributed by atoms with Gasteiger partial charge >= 0.3 is 6.11 Å². The predicted molar refractivity (Wildman–Crippen MR) is 143 cm³/mol. The highest BCUT2D eigenvalue weighted by atomic mass is 19.3. The van der Waals surface area contributed by atoms with Crippen LogP contribution < -0.4 is 9.47 Å². The van der Waals surface area contributed by atoms with Crippen LogP contribution >= 0.6 is 0 Å². The molecule has 3 aromatic carbocycles. The number of pyridine rings is 1. The molecule has 42 heavy (non-hydrogen) atoms. The van der Waals surface area contributed by atoms with Gasteiger partial charge in [0, 0.05) is 23.4 Å². The van der Waals surface area contributed by atoms with Crippen molar-refractivity contribution in [3.63, 3.8) is 0 Å². The number of alkyl halides is 3. The Kier molecular flexibility index (Phi) is 8.43. The minimum absolute atomic E-state index is 0.217. The molecule has 4 aromatic rings. The quantitative estimate of drug-likeness (QED) is 0.192. The molecule has 1 saturated carbocycles. The first-order chi connectivity index (χ1) is 20.1. The largest absolute Gasteiger partial charge is 0.460 e. The van der Waals surface area contributed by atoms with E-state index in [1.165, 1.54) is 12.1 Å². The summed E-state index contributed by atoms with van der Waals surface area (Å²) in [5.41, 5.74) is -0.202. The van der Waals surface area contributed by atoms with Gasteiger partial charge in [0.1, 0.15) is 28.8 Å². The maximum absolute atomic E-state index is 15.1. The van der Waals surface area contributed by atoms with Crippen molar-refractivity contribution in [3.05, 3.63) is 101 Å². The normalized spacial score (nSPS) is 17.2. The molecule has 0 atom stereocenters. The van der Waals surface area contributed by atoms with Crippen molar-refractivity contribution in [2.75, 3.05) is 6.86 Å². The Morgan fingerprint density at radius 1 is 0.786 bits per heavy atom. The zero-order chi connectivity index (χ0) is 30.0. The topological polar surface area (TPSA) is 31.4 Å². The van der Waals surface area contributed by atoms with E-state index >= 15 is 4.39 Å². The van der Waals surface area contributed by atoms with Crippen LogP contribution in [0.5, 0.6) is 11.5 Å². The first-order valence-corrected chi connectivity index (χ1v) is 13.4. The van der Waals surface area contributed by atoms with Crippen molar-refractivity contribution in [2.45, 2.75) is 44.6 Å². The lowest BCUT2D eigenvalue weighted by molar-refractivity contribution is -0.189. The number of hydrogen-bond acceptors (Lipinski definition) is 3. The molecule has 1 heterocycles. The molecule has 0 saturated heterocycles. The third kappa shape index (κ3) is 6.22. The lowest BCUT2D eigenvalue weighted by atomic mass is 9.80. The number of rotatable bonds is 8. The molecule has 0 N–H and O–H groups in total. The van der Waals surface area contributed by atoms with Crippen LogP contribution in [-0.2, 0) is 6.11 Å². The standard InChI is InChI=1S/C32H26F7NO2/c1-18-2-4-19(5-3-18)21-7-10-29(40-16-21)20-6-9-24(25(34)12-20)22-13-27(36)31(28(37)14-22)32(38,39)42-23-8-11-30(41-17-33)26(35)15-23/h6-16,18-19H,2-5,17H2,1H3. The van der Waals surface area contributed by atoms with Gasteiger partial charge in [-0.1, -0.05) is 38.0 Å². The average molecular weight is 590 g/mol. The number of nitrogens with zero attached hydrogens (tertiary/aromatic N) is 1. The molecule has 1 aromatic heterocycles. The Labute approximate surface area is 237 Å². The molecule has 0 radical (unpaired) electrons. The van der Waals surface area contributed by atoms with Gasteiger partial charge in [-0.3, -0.25) is 4.98 Å². The van der Waals surface area contributed by atoms with Crippen molar-refractivity contribution in [1.29, 1.82) is 0 Å². The number of hydrogen-bond donors (Lipinski definition) is 0. The molecule has 10 heteroatoms. The summed E-state index contributed by atoms with van der Waals surface area (Å²) in [6.45, 7) is 0.888. The number of halogens is 7. The van der Waals surface area contributed by atoms with E-state index in [1.54, 1.807) is 12.3 Å². The van der Waals surface area contributed by atoms with Gasteiger partial charge in [0.2, 0.25) is 6.86 Å². The first-order valence-electron chi connectivity index (χ1n) is 13.4. The second-order valence-electron chi connectivity index (χ2n) is 10.4. The van der Waals surface area contributed by atoms with E-state index in [-0.39, 0.29) is 11.1 Å². The molecule has 0 unspecified atom stereocenters. The van der Waals surface area contributed by atoms with Crippen LogP contribution in [0.4, 0.5) is 30.7 Å². The summed E-state index contributed by atoms with van der Waals surface area (Å²) in [5.74, 6) is -5.65. The predicted octanol–water partition coefficient (Wildman–Crippen LogP) is 9.70. The summed E-state index contributed by atoms with van der Waals surface area (Å²) in [4.78, 5) is 4.48. The van der Waals surface area contributed by atoms with E-state index in [0.29, 0.717) is 35.4 Å². The second-order valence-corrected chi connectivity index (χ2v) is 10.4. The monoisotopic (exact) mass is 589 g/mol. The Morgan fingerprint density at radius 3 is 2.07 bits per heavy atom. The van der Waals surface area contributed by atoms with Gasteiger partial charge in [0.15, 0.2) is 11.6 Å². The zero-order valence-electron chi connectivity index (χ0n) is 22.5. The highest BCUT2D eigenvalue weighted by Crippen LogP contribution is 2.39. The maximum Gasteiger partial charge on any atom is 0.432 e. The Hall–Kier alpha value is -4.08. The van der Waals surface area contributed by atoms with Crippen molar-refractivity contribution in [2.24, 2.45) is 5.92 Å². The van der Waals surface area contributed by atoms with E-state index in [1.807, 2.05) is 6.07 Å².